The van der Waals surface area contributed by atoms with Crippen molar-refractivity contribution < 1.29 is 28.7 Å². The van der Waals surface area contributed by atoms with E-state index in [2.05, 4.69) is 5.32 Å². The molecule has 0 saturated heterocycles. The Hall–Kier alpha value is -3.46. The number of hydrogen-bond donors (Lipinski definition) is 1. The molecule has 1 N–H and O–H groups in total. The van der Waals surface area contributed by atoms with Gasteiger partial charge in [-0.1, -0.05) is 36.4 Å². The molecule has 154 valence electrons. The topological polar surface area (TPSA) is 117 Å². The summed E-state index contributed by atoms with van der Waals surface area (Å²) in [5.41, 5.74) is 0.845. The third kappa shape index (κ3) is 5.52. The van der Waals surface area contributed by atoms with Crippen molar-refractivity contribution in [3.8, 4) is 5.75 Å². The number of hydrogen-bond acceptors (Lipinski definition) is 7. The van der Waals surface area contributed by atoms with E-state index < -0.39 is 28.9 Å². The van der Waals surface area contributed by atoms with Gasteiger partial charge < -0.3 is 19.5 Å². The van der Waals surface area contributed by atoms with Gasteiger partial charge in [0.15, 0.2) is 11.9 Å². The smallest absolute Gasteiger partial charge is 0.328 e. The van der Waals surface area contributed by atoms with Crippen molar-refractivity contribution in [1.82, 2.24) is 5.32 Å². The molecule has 0 unspecified atom stereocenters. The molecule has 0 aromatic heterocycles. The monoisotopic (exact) mass is 402 g/mol. The van der Waals surface area contributed by atoms with Crippen molar-refractivity contribution in [1.29, 1.82) is 0 Å². The second-order valence-corrected chi connectivity index (χ2v) is 6.08. The van der Waals surface area contributed by atoms with Gasteiger partial charge in [0.05, 0.1) is 19.1 Å². The van der Waals surface area contributed by atoms with Crippen molar-refractivity contribution >= 4 is 17.6 Å². The minimum atomic E-state index is -1.05. The van der Waals surface area contributed by atoms with E-state index in [0.29, 0.717) is 11.1 Å². The van der Waals surface area contributed by atoms with E-state index in [4.69, 9.17) is 14.2 Å². The Morgan fingerprint density at radius 3 is 2.34 bits per heavy atom. The molecule has 0 bridgehead atoms. The lowest BCUT2D eigenvalue weighted by molar-refractivity contribution is -0.385. The van der Waals surface area contributed by atoms with Gasteiger partial charge in [-0.15, -0.1) is 0 Å². The van der Waals surface area contributed by atoms with Gasteiger partial charge in [-0.3, -0.25) is 14.9 Å². The number of carbonyl (C=O) groups excluding carboxylic acids is 2. The van der Waals surface area contributed by atoms with Gasteiger partial charge in [0.25, 0.3) is 5.91 Å². The van der Waals surface area contributed by atoms with Crippen LogP contribution in [0.4, 0.5) is 5.69 Å². The quantitative estimate of drug-likeness (QED) is 0.388. The van der Waals surface area contributed by atoms with Gasteiger partial charge in [-0.2, -0.15) is 0 Å². The van der Waals surface area contributed by atoms with Crippen LogP contribution in [0, 0.1) is 10.1 Å². The number of methoxy groups -OCH3 is 3. The minimum Gasteiger partial charge on any atom is -0.490 e. The molecule has 2 atom stereocenters. The molecule has 0 aliphatic rings. The predicted molar refractivity (Wildman–Crippen MR) is 103 cm³/mol. The van der Waals surface area contributed by atoms with Crippen molar-refractivity contribution in [3.63, 3.8) is 0 Å². The Kier molecular flexibility index (Phi) is 7.67. The van der Waals surface area contributed by atoms with Crippen LogP contribution in [-0.2, 0) is 25.5 Å². The lowest BCUT2D eigenvalue weighted by atomic mass is 10.0. The molecule has 9 heteroatoms. The van der Waals surface area contributed by atoms with Gasteiger partial charge in [0.1, 0.15) is 6.04 Å². The number of nitro groups is 1. The molecule has 29 heavy (non-hydrogen) atoms. The predicted octanol–water partition coefficient (Wildman–Crippen LogP) is 2.19. The Bertz CT molecular complexity index is 870. The summed E-state index contributed by atoms with van der Waals surface area (Å²) in [4.78, 5) is 35.5. The molecule has 0 saturated carbocycles. The molecule has 0 spiro atoms. The first kappa shape index (κ1) is 21.8. The lowest BCUT2D eigenvalue weighted by Crippen LogP contribution is -2.45. The Labute approximate surface area is 167 Å². The fraction of sp³-hybridized carbons (Fsp3) is 0.300. The minimum absolute atomic E-state index is 0.00548. The molecular weight excluding hydrogens is 380 g/mol. The Balaban J connectivity index is 2.24. The normalized spacial score (nSPS) is 12.5. The van der Waals surface area contributed by atoms with Crippen LogP contribution in [0.15, 0.2) is 48.5 Å². The van der Waals surface area contributed by atoms with Gasteiger partial charge in [-0.05, 0) is 17.2 Å². The van der Waals surface area contributed by atoms with E-state index in [9.17, 15) is 19.7 Å². The maximum atomic E-state index is 12.7. The van der Waals surface area contributed by atoms with Crippen LogP contribution in [-0.4, -0.2) is 44.2 Å². The van der Waals surface area contributed by atoms with Gasteiger partial charge in [-0.25, -0.2) is 4.79 Å². The second-order valence-electron chi connectivity index (χ2n) is 6.08. The number of nitrogens with one attached hydrogen (secondary N) is 1. The second kappa shape index (κ2) is 10.2. The van der Waals surface area contributed by atoms with E-state index in [1.807, 2.05) is 6.07 Å². The zero-order valence-electron chi connectivity index (χ0n) is 16.3. The largest absolute Gasteiger partial charge is 0.490 e. The van der Waals surface area contributed by atoms with Crippen molar-refractivity contribution in [2.75, 3.05) is 21.3 Å². The summed E-state index contributed by atoms with van der Waals surface area (Å²) in [5, 5.41) is 13.8. The molecule has 2 aromatic rings. The van der Waals surface area contributed by atoms with E-state index in [1.165, 1.54) is 33.5 Å². The number of rotatable bonds is 9. The fourth-order valence-electron chi connectivity index (χ4n) is 2.85. The fourth-order valence-corrected chi connectivity index (χ4v) is 2.85. The number of amides is 1. The van der Waals surface area contributed by atoms with Crippen molar-refractivity contribution in [2.45, 2.75) is 18.6 Å². The number of esters is 1. The van der Waals surface area contributed by atoms with Gasteiger partial charge >= 0.3 is 11.7 Å². The number of benzene rings is 2. The number of nitro benzene ring substituents is 1. The summed E-state index contributed by atoms with van der Waals surface area (Å²) in [6.07, 6.45) is -0.928. The standard InChI is InChI=1S/C20H22N2O7/c1-27-17-10-9-13(12-16(17)22(25)26)11-15(20(24)29-3)21-19(23)18(28-2)14-7-5-4-6-8-14/h4-10,12,15,18H,11H2,1-3H3,(H,21,23)/t15-,18-/m0/s1. The van der Waals surface area contributed by atoms with Crippen LogP contribution in [0.2, 0.25) is 0 Å². The first-order valence-corrected chi connectivity index (χ1v) is 8.68. The summed E-state index contributed by atoms with van der Waals surface area (Å²) in [7, 11) is 3.91. The van der Waals surface area contributed by atoms with E-state index >= 15 is 0 Å². The van der Waals surface area contributed by atoms with Crippen LogP contribution in [0.3, 0.4) is 0 Å². The average Bonchev–Trinajstić information content (AvgIpc) is 2.73. The Morgan fingerprint density at radius 2 is 1.79 bits per heavy atom. The zero-order chi connectivity index (χ0) is 21.4. The molecule has 1 amide bonds. The Morgan fingerprint density at radius 1 is 1.10 bits per heavy atom. The molecule has 2 aromatic carbocycles. The molecule has 0 heterocycles. The maximum absolute atomic E-state index is 12.7. The highest BCUT2D eigenvalue weighted by Gasteiger charge is 2.28. The lowest BCUT2D eigenvalue weighted by Gasteiger charge is -2.21. The highest BCUT2D eigenvalue weighted by Crippen LogP contribution is 2.28. The van der Waals surface area contributed by atoms with Gasteiger partial charge in [0.2, 0.25) is 0 Å². The first-order chi connectivity index (χ1) is 13.9. The average molecular weight is 402 g/mol. The SMILES string of the molecule is COC(=O)[C@H](Cc1ccc(OC)c([N+](=O)[O-])c1)NC(=O)[C@@H](OC)c1ccccc1. The highest BCUT2D eigenvalue weighted by molar-refractivity contribution is 5.88. The van der Waals surface area contributed by atoms with Crippen LogP contribution in [0.5, 0.6) is 5.75 Å². The van der Waals surface area contributed by atoms with Crippen molar-refractivity contribution in [2.24, 2.45) is 0 Å². The van der Waals surface area contributed by atoms with Crippen LogP contribution >= 0.6 is 0 Å². The molecule has 9 nitrogen and oxygen atoms in total. The van der Waals surface area contributed by atoms with Crippen molar-refractivity contribution in [3.05, 3.63) is 69.8 Å². The van der Waals surface area contributed by atoms with Gasteiger partial charge in [0, 0.05) is 19.6 Å². The van der Waals surface area contributed by atoms with E-state index in [-0.39, 0.29) is 17.9 Å². The van der Waals surface area contributed by atoms with E-state index in [1.54, 1.807) is 30.3 Å². The first-order valence-electron chi connectivity index (χ1n) is 8.68. The van der Waals surface area contributed by atoms with E-state index in [0.717, 1.165) is 0 Å². The third-order valence-corrected chi connectivity index (χ3v) is 4.26. The number of ether oxygens (including phenoxy) is 3. The summed E-state index contributed by atoms with van der Waals surface area (Å²) in [5.74, 6) is -1.11. The maximum Gasteiger partial charge on any atom is 0.328 e. The van der Waals surface area contributed by atoms with Crippen LogP contribution in [0.1, 0.15) is 17.2 Å². The molecule has 0 radical (unpaired) electrons. The molecule has 0 aliphatic heterocycles. The van der Waals surface area contributed by atoms with Crippen LogP contribution < -0.4 is 10.1 Å². The molecular formula is C20H22N2O7. The summed E-state index contributed by atoms with van der Waals surface area (Å²) < 4.78 is 15.0. The molecule has 0 aliphatic carbocycles. The number of nitrogens with zero attached hydrogens (tertiary/aromatic N) is 1. The van der Waals surface area contributed by atoms with Crippen LogP contribution in [0.25, 0.3) is 0 Å². The summed E-state index contributed by atoms with van der Waals surface area (Å²) in [6.45, 7) is 0. The third-order valence-electron chi connectivity index (χ3n) is 4.26. The highest BCUT2D eigenvalue weighted by atomic mass is 16.6. The zero-order valence-corrected chi connectivity index (χ0v) is 16.3. The molecule has 2 rings (SSSR count). The number of carbonyl (C=O) groups is 2. The summed E-state index contributed by atoms with van der Waals surface area (Å²) >= 11 is 0. The molecule has 0 fully saturated rings. The summed E-state index contributed by atoms with van der Waals surface area (Å²) in [6, 6.07) is 12.1.